The minimum Gasteiger partial charge on any atom is -0.495 e. The van der Waals surface area contributed by atoms with Crippen LogP contribution in [-0.2, 0) is 6.54 Å². The summed E-state index contributed by atoms with van der Waals surface area (Å²) in [6, 6.07) is 3.80. The summed E-state index contributed by atoms with van der Waals surface area (Å²) < 4.78 is 8.76. The summed E-state index contributed by atoms with van der Waals surface area (Å²) in [5.41, 5.74) is 0.836. The van der Waals surface area contributed by atoms with Gasteiger partial charge in [-0.3, -0.25) is 0 Å². The number of hydrogen-bond acceptors (Lipinski definition) is 5. The van der Waals surface area contributed by atoms with Crippen molar-refractivity contribution in [2.45, 2.75) is 19.9 Å². The average Bonchev–Trinajstić information content (AvgIpc) is 2.87. The number of rotatable bonds is 6. The Morgan fingerprint density at radius 3 is 2.80 bits per heavy atom. The number of nitrogens with one attached hydrogen (secondary N) is 1. The van der Waals surface area contributed by atoms with Gasteiger partial charge in [0.05, 0.1) is 23.8 Å². The molecule has 0 aliphatic carbocycles. The Kier molecular flexibility index (Phi) is 5.50. The first kappa shape index (κ1) is 15.4. The number of aromatic nitrogens is 4. The van der Waals surface area contributed by atoms with Crippen LogP contribution < -0.4 is 10.1 Å². The predicted molar refractivity (Wildman–Crippen MR) is 83.1 cm³/mol. The average molecular weight is 405 g/mol. The minimum atomic E-state index is 0.617. The number of tetrazole rings is 1. The molecule has 1 heterocycles. The standard InChI is InChI=1S/C12H15Br2N5O/c1-3-4-15-7-12-16-17-18-19(12)10-6-11(20-2)9(14)5-8(10)13/h5-6,15H,3-4,7H2,1-2H3. The van der Waals surface area contributed by atoms with Gasteiger partial charge in [0, 0.05) is 10.5 Å². The molecule has 0 saturated carbocycles. The molecule has 0 aliphatic rings. The predicted octanol–water partition coefficient (Wildman–Crippen LogP) is 2.70. The Labute approximate surface area is 134 Å². The molecule has 0 aliphatic heterocycles. The van der Waals surface area contributed by atoms with Crippen molar-refractivity contribution in [1.82, 2.24) is 25.5 Å². The summed E-state index contributed by atoms with van der Waals surface area (Å²) in [5.74, 6) is 1.48. The number of halogens is 2. The topological polar surface area (TPSA) is 64.9 Å². The van der Waals surface area contributed by atoms with Crippen molar-refractivity contribution in [2.75, 3.05) is 13.7 Å². The molecule has 0 saturated heterocycles. The van der Waals surface area contributed by atoms with Crippen LogP contribution in [0.5, 0.6) is 5.75 Å². The third-order valence-electron chi connectivity index (χ3n) is 2.69. The SMILES string of the molecule is CCCNCc1nnnn1-c1cc(OC)c(Br)cc1Br. The zero-order chi connectivity index (χ0) is 14.5. The molecule has 0 bridgehead atoms. The highest BCUT2D eigenvalue weighted by atomic mass is 79.9. The van der Waals surface area contributed by atoms with Gasteiger partial charge in [0.1, 0.15) is 5.75 Å². The molecule has 1 N–H and O–H groups in total. The molecule has 6 nitrogen and oxygen atoms in total. The van der Waals surface area contributed by atoms with E-state index in [0.717, 1.165) is 39.2 Å². The van der Waals surface area contributed by atoms with Crippen LogP contribution in [0, 0.1) is 0 Å². The summed E-state index contributed by atoms with van der Waals surface area (Å²) in [6.07, 6.45) is 1.07. The molecule has 8 heteroatoms. The van der Waals surface area contributed by atoms with Gasteiger partial charge < -0.3 is 10.1 Å². The van der Waals surface area contributed by atoms with Crippen molar-refractivity contribution >= 4 is 31.9 Å². The van der Waals surface area contributed by atoms with E-state index >= 15 is 0 Å². The minimum absolute atomic E-state index is 0.617. The summed E-state index contributed by atoms with van der Waals surface area (Å²) in [4.78, 5) is 0. The molecule has 0 amide bonds. The number of methoxy groups -OCH3 is 1. The Bertz CT molecular complexity index is 587. The van der Waals surface area contributed by atoms with Crippen LogP contribution in [0.4, 0.5) is 0 Å². The molecule has 2 aromatic rings. The third-order valence-corrected chi connectivity index (χ3v) is 3.95. The van der Waals surface area contributed by atoms with Crippen LogP contribution in [0.3, 0.4) is 0 Å². The van der Waals surface area contributed by atoms with Gasteiger partial charge in [-0.05, 0) is 61.3 Å². The molecule has 108 valence electrons. The molecular formula is C12H15Br2N5O. The molecule has 0 radical (unpaired) electrons. The van der Waals surface area contributed by atoms with Gasteiger partial charge in [-0.2, -0.15) is 4.68 Å². The van der Waals surface area contributed by atoms with E-state index in [1.165, 1.54) is 0 Å². The maximum Gasteiger partial charge on any atom is 0.170 e. The molecule has 0 unspecified atom stereocenters. The zero-order valence-corrected chi connectivity index (χ0v) is 14.4. The zero-order valence-electron chi connectivity index (χ0n) is 11.2. The van der Waals surface area contributed by atoms with Gasteiger partial charge in [-0.15, -0.1) is 5.10 Å². The van der Waals surface area contributed by atoms with Crippen molar-refractivity contribution in [1.29, 1.82) is 0 Å². The molecule has 0 spiro atoms. The number of nitrogens with zero attached hydrogens (tertiary/aromatic N) is 4. The normalized spacial score (nSPS) is 10.8. The molecule has 1 aromatic heterocycles. The van der Waals surface area contributed by atoms with Crippen LogP contribution in [-0.4, -0.2) is 33.9 Å². The first-order valence-electron chi connectivity index (χ1n) is 6.18. The molecule has 2 rings (SSSR count). The second-order valence-electron chi connectivity index (χ2n) is 4.12. The summed E-state index contributed by atoms with van der Waals surface area (Å²) in [6.45, 7) is 3.66. The molecule has 1 aromatic carbocycles. The van der Waals surface area contributed by atoms with E-state index in [1.807, 2.05) is 12.1 Å². The summed E-state index contributed by atoms with van der Waals surface area (Å²) in [5, 5.41) is 15.1. The van der Waals surface area contributed by atoms with Gasteiger partial charge in [0.15, 0.2) is 5.82 Å². The molecular weight excluding hydrogens is 390 g/mol. The van der Waals surface area contributed by atoms with Crippen LogP contribution >= 0.6 is 31.9 Å². The van der Waals surface area contributed by atoms with Crippen molar-refractivity contribution in [3.63, 3.8) is 0 Å². The fourth-order valence-electron chi connectivity index (χ4n) is 1.72. The van der Waals surface area contributed by atoms with E-state index in [1.54, 1.807) is 11.8 Å². The smallest absolute Gasteiger partial charge is 0.170 e. The van der Waals surface area contributed by atoms with Crippen LogP contribution in [0.25, 0.3) is 5.69 Å². The van der Waals surface area contributed by atoms with Crippen molar-refractivity contribution < 1.29 is 4.74 Å². The fourth-order valence-corrected chi connectivity index (χ4v) is 3.04. The monoisotopic (exact) mass is 403 g/mol. The second-order valence-corrected chi connectivity index (χ2v) is 5.83. The molecule has 20 heavy (non-hydrogen) atoms. The van der Waals surface area contributed by atoms with E-state index < -0.39 is 0 Å². The maximum atomic E-state index is 5.31. The number of hydrogen-bond donors (Lipinski definition) is 1. The van der Waals surface area contributed by atoms with Crippen LogP contribution in [0.2, 0.25) is 0 Å². The molecule has 0 fully saturated rings. The quantitative estimate of drug-likeness (QED) is 0.749. The fraction of sp³-hybridized carbons (Fsp3) is 0.417. The summed E-state index contributed by atoms with van der Waals surface area (Å²) in [7, 11) is 1.63. The van der Waals surface area contributed by atoms with Gasteiger partial charge in [-0.1, -0.05) is 6.92 Å². The van der Waals surface area contributed by atoms with E-state index in [4.69, 9.17) is 4.74 Å². The Morgan fingerprint density at radius 1 is 1.30 bits per heavy atom. The lowest BCUT2D eigenvalue weighted by molar-refractivity contribution is 0.411. The molecule has 0 atom stereocenters. The second kappa shape index (κ2) is 7.14. The first-order valence-corrected chi connectivity index (χ1v) is 7.77. The number of ether oxygens (including phenoxy) is 1. The highest BCUT2D eigenvalue weighted by molar-refractivity contribution is 9.11. The van der Waals surface area contributed by atoms with Crippen molar-refractivity contribution in [3.8, 4) is 11.4 Å². The Morgan fingerprint density at radius 2 is 2.10 bits per heavy atom. The van der Waals surface area contributed by atoms with Gasteiger partial charge >= 0.3 is 0 Å². The van der Waals surface area contributed by atoms with E-state index in [0.29, 0.717) is 6.54 Å². The maximum absolute atomic E-state index is 5.31. The lowest BCUT2D eigenvalue weighted by Crippen LogP contribution is -2.17. The lowest BCUT2D eigenvalue weighted by atomic mass is 10.3. The Hall–Kier alpha value is -0.990. The van der Waals surface area contributed by atoms with Crippen LogP contribution in [0.15, 0.2) is 21.1 Å². The van der Waals surface area contributed by atoms with E-state index in [-0.39, 0.29) is 0 Å². The van der Waals surface area contributed by atoms with Gasteiger partial charge in [-0.25, -0.2) is 0 Å². The Balaban J connectivity index is 2.34. The number of benzene rings is 1. The van der Waals surface area contributed by atoms with E-state index in [2.05, 4.69) is 59.6 Å². The first-order chi connectivity index (χ1) is 9.67. The highest BCUT2D eigenvalue weighted by Gasteiger charge is 2.14. The van der Waals surface area contributed by atoms with Gasteiger partial charge in [0.2, 0.25) is 0 Å². The van der Waals surface area contributed by atoms with Crippen molar-refractivity contribution in [3.05, 3.63) is 26.9 Å². The van der Waals surface area contributed by atoms with Gasteiger partial charge in [0.25, 0.3) is 0 Å². The van der Waals surface area contributed by atoms with Crippen LogP contribution in [0.1, 0.15) is 19.2 Å². The largest absolute Gasteiger partial charge is 0.495 e. The van der Waals surface area contributed by atoms with Crippen molar-refractivity contribution in [2.24, 2.45) is 0 Å². The lowest BCUT2D eigenvalue weighted by Gasteiger charge is -2.11. The third kappa shape index (κ3) is 3.36. The highest BCUT2D eigenvalue weighted by Crippen LogP contribution is 2.33. The van der Waals surface area contributed by atoms with E-state index in [9.17, 15) is 0 Å². The summed E-state index contributed by atoms with van der Waals surface area (Å²) >= 11 is 6.97.